The minimum absolute atomic E-state index is 0.127. The third kappa shape index (κ3) is 4.20. The number of amides is 2. The molecule has 0 aliphatic rings. The van der Waals surface area contributed by atoms with Crippen LogP contribution in [-0.4, -0.2) is 28.5 Å². The number of hydrogen-bond donors (Lipinski definition) is 1. The van der Waals surface area contributed by atoms with Crippen molar-refractivity contribution in [3.63, 3.8) is 0 Å². The number of aromatic nitrogens is 2. The first kappa shape index (κ1) is 18.3. The summed E-state index contributed by atoms with van der Waals surface area (Å²) in [6, 6.07) is 14.0. The van der Waals surface area contributed by atoms with Crippen molar-refractivity contribution in [3.05, 3.63) is 71.2 Å². The van der Waals surface area contributed by atoms with Gasteiger partial charge in [0.1, 0.15) is 17.1 Å². The van der Waals surface area contributed by atoms with Crippen LogP contribution in [0.1, 0.15) is 39.2 Å². The van der Waals surface area contributed by atoms with Crippen molar-refractivity contribution < 1.29 is 14.1 Å². The number of benzene rings is 1. The third-order valence-electron chi connectivity index (χ3n) is 3.95. The molecule has 0 saturated carbocycles. The number of nitrogens with zero attached hydrogens (tertiary/aromatic N) is 3. The smallest absolute Gasteiger partial charge is 0.276 e. The van der Waals surface area contributed by atoms with Gasteiger partial charge in [-0.1, -0.05) is 23.4 Å². The van der Waals surface area contributed by atoms with E-state index in [1.807, 2.05) is 38.1 Å². The van der Waals surface area contributed by atoms with E-state index in [9.17, 15) is 9.59 Å². The molecule has 0 fully saturated rings. The van der Waals surface area contributed by atoms with Crippen molar-refractivity contribution in [1.29, 1.82) is 0 Å². The van der Waals surface area contributed by atoms with E-state index in [2.05, 4.69) is 15.5 Å². The molecule has 0 radical (unpaired) electrons. The Morgan fingerprint density at radius 2 is 1.81 bits per heavy atom. The van der Waals surface area contributed by atoms with E-state index < -0.39 is 5.91 Å². The molecule has 1 aromatic carbocycles. The molecule has 2 aromatic heterocycles. The van der Waals surface area contributed by atoms with Crippen LogP contribution in [0.3, 0.4) is 0 Å². The van der Waals surface area contributed by atoms with Crippen molar-refractivity contribution in [2.45, 2.75) is 20.8 Å². The summed E-state index contributed by atoms with van der Waals surface area (Å²) in [5, 5.41) is 6.31. The molecule has 7 heteroatoms. The highest BCUT2D eigenvalue weighted by Crippen LogP contribution is 2.18. The number of hydrogen-bond acceptors (Lipinski definition) is 5. The van der Waals surface area contributed by atoms with E-state index in [4.69, 9.17) is 4.52 Å². The third-order valence-corrected chi connectivity index (χ3v) is 3.95. The number of carbonyl (C=O) groups excluding carboxylic acids is 2. The first-order valence-corrected chi connectivity index (χ1v) is 8.58. The van der Waals surface area contributed by atoms with E-state index in [1.165, 1.54) is 0 Å². The zero-order valence-corrected chi connectivity index (χ0v) is 15.4. The first-order valence-electron chi connectivity index (χ1n) is 8.58. The van der Waals surface area contributed by atoms with Gasteiger partial charge in [0.2, 0.25) is 0 Å². The second-order valence-electron chi connectivity index (χ2n) is 6.07. The summed E-state index contributed by atoms with van der Waals surface area (Å²) in [6.45, 7) is 6.07. The van der Waals surface area contributed by atoms with Gasteiger partial charge < -0.3 is 14.7 Å². The Labute approximate surface area is 157 Å². The molecule has 3 aromatic rings. The Morgan fingerprint density at radius 3 is 2.48 bits per heavy atom. The molecule has 0 spiro atoms. The van der Waals surface area contributed by atoms with Gasteiger partial charge in [-0.05, 0) is 50.6 Å². The van der Waals surface area contributed by atoms with E-state index in [0.717, 1.165) is 11.3 Å². The van der Waals surface area contributed by atoms with Gasteiger partial charge in [0.05, 0.1) is 0 Å². The number of rotatable bonds is 5. The topological polar surface area (TPSA) is 88.3 Å². The van der Waals surface area contributed by atoms with Crippen LogP contribution < -0.4 is 10.2 Å². The van der Waals surface area contributed by atoms with E-state index in [1.54, 1.807) is 36.1 Å². The molecule has 2 heterocycles. The van der Waals surface area contributed by atoms with Crippen molar-refractivity contribution in [2.75, 3.05) is 16.8 Å². The highest BCUT2D eigenvalue weighted by Gasteiger charge is 2.19. The van der Waals surface area contributed by atoms with Crippen molar-refractivity contribution >= 4 is 23.3 Å². The Morgan fingerprint density at radius 1 is 1.07 bits per heavy atom. The maximum absolute atomic E-state index is 12.9. The Bertz CT molecular complexity index is 981. The number of carbonyl (C=O) groups is 2. The van der Waals surface area contributed by atoms with Gasteiger partial charge >= 0.3 is 0 Å². The van der Waals surface area contributed by atoms with Crippen LogP contribution in [0.15, 0.2) is 53.1 Å². The molecule has 138 valence electrons. The SMILES string of the molecule is CCN(C(=O)c1cccc(C(=O)Nc2cc(C)on2)n1)c1cccc(C)c1. The molecule has 0 saturated heterocycles. The number of aryl methyl sites for hydroxylation is 2. The van der Waals surface area contributed by atoms with Gasteiger partial charge in [0.25, 0.3) is 11.8 Å². The average molecular weight is 364 g/mol. The van der Waals surface area contributed by atoms with Crippen LogP contribution in [0, 0.1) is 13.8 Å². The minimum Gasteiger partial charge on any atom is -0.360 e. The zero-order chi connectivity index (χ0) is 19.4. The summed E-state index contributed by atoms with van der Waals surface area (Å²) in [6.07, 6.45) is 0. The zero-order valence-electron chi connectivity index (χ0n) is 15.4. The molecule has 2 amide bonds. The van der Waals surface area contributed by atoms with E-state index in [-0.39, 0.29) is 17.3 Å². The molecular formula is C20H20N4O3. The molecule has 0 bridgehead atoms. The van der Waals surface area contributed by atoms with Crippen LogP contribution in [-0.2, 0) is 0 Å². The second-order valence-corrected chi connectivity index (χ2v) is 6.07. The van der Waals surface area contributed by atoms with Gasteiger partial charge in [-0.3, -0.25) is 9.59 Å². The lowest BCUT2D eigenvalue weighted by molar-refractivity contribution is 0.0983. The highest BCUT2D eigenvalue weighted by molar-refractivity contribution is 6.07. The lowest BCUT2D eigenvalue weighted by atomic mass is 10.2. The average Bonchev–Trinajstić information content (AvgIpc) is 3.07. The second kappa shape index (κ2) is 7.82. The van der Waals surface area contributed by atoms with Gasteiger partial charge in [0.15, 0.2) is 5.82 Å². The van der Waals surface area contributed by atoms with Gasteiger partial charge in [-0.2, -0.15) is 0 Å². The Hall–Kier alpha value is -3.48. The summed E-state index contributed by atoms with van der Waals surface area (Å²) in [5.74, 6) is 0.150. The normalized spacial score (nSPS) is 10.5. The quantitative estimate of drug-likeness (QED) is 0.747. The molecule has 0 atom stereocenters. The van der Waals surface area contributed by atoms with Crippen LogP contribution in [0.5, 0.6) is 0 Å². The van der Waals surface area contributed by atoms with Crippen molar-refractivity contribution in [3.8, 4) is 0 Å². The molecule has 0 aliphatic carbocycles. The maximum Gasteiger partial charge on any atom is 0.276 e. The maximum atomic E-state index is 12.9. The summed E-state index contributed by atoms with van der Waals surface area (Å²) in [5.41, 5.74) is 2.17. The lowest BCUT2D eigenvalue weighted by Gasteiger charge is -2.21. The van der Waals surface area contributed by atoms with E-state index in [0.29, 0.717) is 18.1 Å². The predicted octanol–water partition coefficient (Wildman–Crippen LogP) is 3.61. The van der Waals surface area contributed by atoms with Crippen molar-refractivity contribution in [2.24, 2.45) is 0 Å². The molecule has 0 unspecified atom stereocenters. The Kier molecular flexibility index (Phi) is 5.30. The fourth-order valence-electron chi connectivity index (χ4n) is 2.66. The van der Waals surface area contributed by atoms with Crippen LogP contribution in [0.25, 0.3) is 0 Å². The Balaban J connectivity index is 1.83. The fourth-order valence-corrected chi connectivity index (χ4v) is 2.66. The van der Waals surface area contributed by atoms with Gasteiger partial charge in [-0.25, -0.2) is 4.98 Å². The largest absolute Gasteiger partial charge is 0.360 e. The van der Waals surface area contributed by atoms with Crippen LogP contribution in [0.4, 0.5) is 11.5 Å². The summed E-state index contributed by atoms with van der Waals surface area (Å²) < 4.78 is 4.92. The first-order chi connectivity index (χ1) is 13.0. The van der Waals surface area contributed by atoms with E-state index >= 15 is 0 Å². The van der Waals surface area contributed by atoms with Crippen LogP contribution in [0.2, 0.25) is 0 Å². The molecule has 7 nitrogen and oxygen atoms in total. The van der Waals surface area contributed by atoms with Gasteiger partial charge in [0, 0.05) is 18.3 Å². The van der Waals surface area contributed by atoms with Crippen molar-refractivity contribution in [1.82, 2.24) is 10.1 Å². The minimum atomic E-state index is -0.462. The molecule has 1 N–H and O–H groups in total. The summed E-state index contributed by atoms with van der Waals surface area (Å²) in [4.78, 5) is 31.2. The number of pyridine rings is 1. The van der Waals surface area contributed by atoms with Crippen LogP contribution >= 0.6 is 0 Å². The fraction of sp³-hybridized carbons (Fsp3) is 0.200. The highest BCUT2D eigenvalue weighted by atomic mass is 16.5. The lowest BCUT2D eigenvalue weighted by Crippen LogP contribution is -2.31. The monoisotopic (exact) mass is 364 g/mol. The number of nitrogens with one attached hydrogen (secondary N) is 1. The summed E-state index contributed by atoms with van der Waals surface area (Å²) >= 11 is 0. The summed E-state index contributed by atoms with van der Waals surface area (Å²) in [7, 11) is 0. The molecule has 27 heavy (non-hydrogen) atoms. The number of anilines is 2. The predicted molar refractivity (Wildman–Crippen MR) is 102 cm³/mol. The molecular weight excluding hydrogens is 344 g/mol. The molecule has 0 aliphatic heterocycles. The standard InChI is InChI=1S/C20H20N4O3/c1-4-24(15-8-5-7-13(2)11-15)20(26)17-10-6-9-16(21-17)19(25)22-18-12-14(3)27-23-18/h5-12H,4H2,1-3H3,(H,22,23,25). The van der Waals surface area contributed by atoms with Gasteiger partial charge in [-0.15, -0.1) is 0 Å². The molecule has 3 rings (SSSR count).